The van der Waals surface area contributed by atoms with Gasteiger partial charge in [0.1, 0.15) is 17.6 Å². The number of hydrogen-bond acceptors (Lipinski definition) is 3. The molecule has 2 aromatic rings. The fourth-order valence-electron chi connectivity index (χ4n) is 1.82. The molecule has 0 spiro atoms. The van der Waals surface area contributed by atoms with Gasteiger partial charge in [-0.3, -0.25) is 0 Å². The minimum absolute atomic E-state index is 0.608. The summed E-state index contributed by atoms with van der Waals surface area (Å²) in [5.74, 6) is 1.38. The highest BCUT2D eigenvalue weighted by atomic mass is 16.5. The first-order chi connectivity index (χ1) is 7.71. The molecule has 1 heterocycles. The van der Waals surface area contributed by atoms with Crippen LogP contribution in [0.15, 0.2) is 18.3 Å². The molecule has 82 valence electrons. The molecular formula is C12H12N2O2. The molecule has 0 atom stereocenters. The summed E-state index contributed by atoms with van der Waals surface area (Å²) in [6, 6.07) is 5.83. The first-order valence-electron chi connectivity index (χ1n) is 4.82. The number of aryl methyl sites for hydroxylation is 1. The second kappa shape index (κ2) is 3.78. The van der Waals surface area contributed by atoms with Gasteiger partial charge in [0.2, 0.25) is 0 Å². The Morgan fingerprint density at radius 1 is 1.25 bits per heavy atom. The maximum absolute atomic E-state index is 9.05. The van der Waals surface area contributed by atoms with Gasteiger partial charge in [-0.25, -0.2) is 0 Å². The molecule has 1 aromatic heterocycles. The highest BCUT2D eigenvalue weighted by Gasteiger charge is 2.13. The van der Waals surface area contributed by atoms with Crippen LogP contribution in [0, 0.1) is 11.3 Å². The van der Waals surface area contributed by atoms with Crippen LogP contribution in [0.2, 0.25) is 0 Å². The lowest BCUT2D eigenvalue weighted by Crippen LogP contribution is -1.90. The van der Waals surface area contributed by atoms with Crippen molar-refractivity contribution in [2.24, 2.45) is 7.05 Å². The lowest BCUT2D eigenvalue weighted by molar-refractivity contribution is 0.398. The van der Waals surface area contributed by atoms with E-state index in [1.165, 1.54) is 0 Å². The molecule has 0 saturated carbocycles. The predicted octanol–water partition coefficient (Wildman–Crippen LogP) is 2.07. The van der Waals surface area contributed by atoms with E-state index in [0.717, 1.165) is 16.7 Å². The predicted molar refractivity (Wildman–Crippen MR) is 60.7 cm³/mol. The molecule has 0 aliphatic heterocycles. The number of ether oxygens (including phenoxy) is 2. The van der Waals surface area contributed by atoms with Crippen molar-refractivity contribution in [2.75, 3.05) is 14.2 Å². The monoisotopic (exact) mass is 216 g/mol. The van der Waals surface area contributed by atoms with Gasteiger partial charge in [-0.2, -0.15) is 5.26 Å². The van der Waals surface area contributed by atoms with E-state index in [-0.39, 0.29) is 0 Å². The minimum atomic E-state index is 0.608. The van der Waals surface area contributed by atoms with E-state index in [2.05, 4.69) is 6.07 Å². The molecule has 1 aromatic carbocycles. The Hall–Kier alpha value is -2.15. The highest BCUT2D eigenvalue weighted by Crippen LogP contribution is 2.34. The fraction of sp³-hybridized carbons (Fsp3) is 0.250. The van der Waals surface area contributed by atoms with Crippen molar-refractivity contribution in [1.29, 1.82) is 5.26 Å². The van der Waals surface area contributed by atoms with Gasteiger partial charge in [-0.05, 0) is 0 Å². The van der Waals surface area contributed by atoms with Crippen LogP contribution in [0.25, 0.3) is 10.9 Å². The van der Waals surface area contributed by atoms with Gasteiger partial charge in [0.05, 0.1) is 30.7 Å². The lowest BCUT2D eigenvalue weighted by atomic mass is 10.1. The molecule has 0 N–H and O–H groups in total. The fourth-order valence-corrected chi connectivity index (χ4v) is 1.82. The first-order valence-corrected chi connectivity index (χ1v) is 4.82. The van der Waals surface area contributed by atoms with Gasteiger partial charge < -0.3 is 14.0 Å². The summed E-state index contributed by atoms with van der Waals surface area (Å²) in [6.45, 7) is 0. The smallest absolute Gasteiger partial charge is 0.133 e. The first kappa shape index (κ1) is 10.4. The van der Waals surface area contributed by atoms with Crippen LogP contribution in [0.1, 0.15) is 5.56 Å². The number of benzene rings is 1. The topological polar surface area (TPSA) is 47.2 Å². The number of aromatic nitrogens is 1. The summed E-state index contributed by atoms with van der Waals surface area (Å²) in [7, 11) is 5.08. The van der Waals surface area contributed by atoms with Crippen LogP contribution in [0.3, 0.4) is 0 Å². The van der Waals surface area contributed by atoms with Gasteiger partial charge in [0.25, 0.3) is 0 Å². The number of methoxy groups -OCH3 is 2. The summed E-state index contributed by atoms with van der Waals surface area (Å²) in [4.78, 5) is 0. The standard InChI is InChI=1S/C12H12N2O2/c1-14-7-8(6-13)12-10(14)4-9(15-2)5-11(12)16-3/h4-5,7H,1-3H3. The molecule has 0 aliphatic carbocycles. The SMILES string of the molecule is COc1cc(OC)c2c(C#N)cn(C)c2c1. The molecule has 4 nitrogen and oxygen atoms in total. The maximum Gasteiger partial charge on any atom is 0.133 e. The van der Waals surface area contributed by atoms with Crippen LogP contribution < -0.4 is 9.47 Å². The van der Waals surface area contributed by atoms with E-state index in [0.29, 0.717) is 11.3 Å². The van der Waals surface area contributed by atoms with Gasteiger partial charge in [-0.15, -0.1) is 0 Å². The summed E-state index contributed by atoms with van der Waals surface area (Å²) in [5.41, 5.74) is 1.53. The second-order valence-corrected chi connectivity index (χ2v) is 3.49. The molecule has 0 fully saturated rings. The van der Waals surface area contributed by atoms with Crippen molar-refractivity contribution < 1.29 is 9.47 Å². The molecule has 0 radical (unpaired) electrons. The van der Waals surface area contributed by atoms with Crippen LogP contribution >= 0.6 is 0 Å². The maximum atomic E-state index is 9.05. The average molecular weight is 216 g/mol. The zero-order chi connectivity index (χ0) is 11.7. The van der Waals surface area contributed by atoms with Crippen LogP contribution in [0.4, 0.5) is 0 Å². The average Bonchev–Trinajstić information content (AvgIpc) is 2.65. The Kier molecular flexibility index (Phi) is 2.45. The van der Waals surface area contributed by atoms with Gasteiger partial charge >= 0.3 is 0 Å². The molecule has 4 heteroatoms. The van der Waals surface area contributed by atoms with E-state index in [4.69, 9.17) is 14.7 Å². The summed E-state index contributed by atoms with van der Waals surface area (Å²) in [5, 5.41) is 9.87. The zero-order valence-corrected chi connectivity index (χ0v) is 9.44. The number of fused-ring (bicyclic) bond motifs is 1. The van der Waals surface area contributed by atoms with Crippen LogP contribution in [0.5, 0.6) is 11.5 Å². The van der Waals surface area contributed by atoms with E-state index >= 15 is 0 Å². The molecule has 0 saturated heterocycles. The van der Waals surface area contributed by atoms with Gasteiger partial charge in [0, 0.05) is 25.4 Å². The molecule has 0 unspecified atom stereocenters. The third kappa shape index (κ3) is 1.38. The molecule has 0 amide bonds. The van der Waals surface area contributed by atoms with E-state index in [1.54, 1.807) is 26.5 Å². The Labute approximate surface area is 93.6 Å². The number of nitrogens with zero attached hydrogens (tertiary/aromatic N) is 2. The largest absolute Gasteiger partial charge is 0.497 e. The summed E-state index contributed by atoms with van der Waals surface area (Å²) < 4.78 is 12.4. The Morgan fingerprint density at radius 3 is 2.56 bits per heavy atom. The molecule has 0 aliphatic rings. The Balaban J connectivity index is 2.87. The minimum Gasteiger partial charge on any atom is -0.497 e. The number of hydrogen-bond donors (Lipinski definition) is 0. The normalized spacial score (nSPS) is 10.1. The van der Waals surface area contributed by atoms with Crippen LogP contribution in [-0.2, 0) is 7.05 Å². The lowest BCUT2D eigenvalue weighted by Gasteiger charge is -2.06. The Bertz CT molecular complexity index is 579. The molecular weight excluding hydrogens is 204 g/mol. The van der Waals surface area contributed by atoms with Crippen molar-refractivity contribution in [2.45, 2.75) is 0 Å². The van der Waals surface area contributed by atoms with E-state index in [9.17, 15) is 0 Å². The zero-order valence-electron chi connectivity index (χ0n) is 9.44. The molecule has 2 rings (SSSR count). The Morgan fingerprint density at radius 2 is 2.00 bits per heavy atom. The third-order valence-corrected chi connectivity index (χ3v) is 2.60. The quantitative estimate of drug-likeness (QED) is 0.772. The van der Waals surface area contributed by atoms with Crippen molar-refractivity contribution in [3.8, 4) is 17.6 Å². The van der Waals surface area contributed by atoms with Gasteiger partial charge in [-0.1, -0.05) is 0 Å². The van der Waals surface area contributed by atoms with Gasteiger partial charge in [0.15, 0.2) is 0 Å². The molecule has 0 bridgehead atoms. The third-order valence-electron chi connectivity index (χ3n) is 2.60. The summed E-state index contributed by atoms with van der Waals surface area (Å²) in [6.07, 6.45) is 1.78. The van der Waals surface area contributed by atoms with Crippen molar-refractivity contribution in [3.05, 3.63) is 23.9 Å². The number of nitriles is 1. The van der Waals surface area contributed by atoms with Crippen molar-refractivity contribution in [3.63, 3.8) is 0 Å². The number of rotatable bonds is 2. The second-order valence-electron chi connectivity index (χ2n) is 3.49. The van der Waals surface area contributed by atoms with Crippen LogP contribution in [-0.4, -0.2) is 18.8 Å². The van der Waals surface area contributed by atoms with E-state index in [1.807, 2.05) is 17.7 Å². The van der Waals surface area contributed by atoms with Crippen molar-refractivity contribution in [1.82, 2.24) is 4.57 Å². The summed E-state index contributed by atoms with van der Waals surface area (Å²) >= 11 is 0. The molecule has 16 heavy (non-hydrogen) atoms. The highest BCUT2D eigenvalue weighted by molar-refractivity contribution is 5.93. The van der Waals surface area contributed by atoms with E-state index < -0.39 is 0 Å². The van der Waals surface area contributed by atoms with Crippen molar-refractivity contribution >= 4 is 10.9 Å².